The maximum atomic E-state index is 10.7. The van der Waals surface area contributed by atoms with Crippen molar-refractivity contribution in [3.8, 4) is 0 Å². The van der Waals surface area contributed by atoms with Gasteiger partial charge < -0.3 is 10.2 Å². The van der Waals surface area contributed by atoms with Gasteiger partial charge in [0, 0.05) is 5.02 Å². The van der Waals surface area contributed by atoms with Gasteiger partial charge in [0.25, 0.3) is 0 Å². The zero-order valence-corrected chi connectivity index (χ0v) is 15.0. The number of halogens is 1. The summed E-state index contributed by atoms with van der Waals surface area (Å²) in [6.45, 7) is 6.28. The van der Waals surface area contributed by atoms with Crippen LogP contribution >= 0.6 is 11.6 Å². The molecule has 1 rings (SSSR count). The second-order valence-electron chi connectivity index (χ2n) is 6.42. The van der Waals surface area contributed by atoms with Crippen molar-refractivity contribution in [3.05, 3.63) is 34.3 Å². The largest absolute Gasteiger partial charge is 0.390 e. The summed E-state index contributed by atoms with van der Waals surface area (Å²) in [5.74, 6) is 0. The molecule has 0 saturated heterocycles. The average Bonchev–Trinajstić information content (AvgIpc) is 2.45. The van der Waals surface area contributed by atoms with Crippen LogP contribution < -0.4 is 0 Å². The van der Waals surface area contributed by atoms with Gasteiger partial charge in [0.05, 0.1) is 11.7 Å². The zero-order chi connectivity index (χ0) is 16.6. The minimum atomic E-state index is -0.575. The van der Waals surface area contributed by atoms with Crippen molar-refractivity contribution in [2.24, 2.45) is 0 Å². The van der Waals surface area contributed by atoms with Gasteiger partial charge in [-0.05, 0) is 55.4 Å². The van der Waals surface area contributed by atoms with Gasteiger partial charge in [-0.25, -0.2) is 0 Å². The van der Waals surface area contributed by atoms with Crippen LogP contribution in [0.25, 0.3) is 0 Å². The summed E-state index contributed by atoms with van der Waals surface area (Å²) in [6.07, 6.45) is 6.44. The van der Waals surface area contributed by atoms with E-state index in [1.165, 1.54) is 0 Å². The number of rotatable bonds is 10. The molecular weight excluding hydrogens is 296 g/mol. The van der Waals surface area contributed by atoms with Crippen LogP contribution in [0.3, 0.4) is 0 Å². The molecule has 0 radical (unpaired) electrons. The van der Waals surface area contributed by atoms with Gasteiger partial charge in [0.15, 0.2) is 0 Å². The van der Waals surface area contributed by atoms with Crippen molar-refractivity contribution >= 4 is 11.6 Å². The average molecular weight is 327 g/mol. The monoisotopic (exact) mass is 326 g/mol. The Bertz CT molecular complexity index is 439. The number of benzene rings is 1. The van der Waals surface area contributed by atoms with Gasteiger partial charge in [0.1, 0.15) is 0 Å². The summed E-state index contributed by atoms with van der Waals surface area (Å²) in [6, 6.07) is 5.82. The molecule has 0 aliphatic heterocycles. The molecule has 0 aliphatic rings. The Balaban J connectivity index is 2.80. The van der Waals surface area contributed by atoms with Gasteiger partial charge >= 0.3 is 0 Å². The Morgan fingerprint density at radius 2 is 1.64 bits per heavy atom. The molecule has 0 heterocycles. The summed E-state index contributed by atoms with van der Waals surface area (Å²) in [7, 11) is 0. The lowest BCUT2D eigenvalue weighted by Gasteiger charge is -2.27. The van der Waals surface area contributed by atoms with Crippen molar-refractivity contribution in [2.45, 2.75) is 83.8 Å². The van der Waals surface area contributed by atoms with Crippen molar-refractivity contribution in [1.29, 1.82) is 0 Å². The number of hydrogen-bond acceptors (Lipinski definition) is 2. The van der Waals surface area contributed by atoms with E-state index in [1.807, 2.05) is 18.2 Å². The third-order valence-corrected chi connectivity index (χ3v) is 4.45. The highest BCUT2D eigenvalue weighted by Gasteiger charge is 2.24. The summed E-state index contributed by atoms with van der Waals surface area (Å²) in [4.78, 5) is 0. The van der Waals surface area contributed by atoms with Gasteiger partial charge in [-0.1, -0.05) is 57.7 Å². The molecule has 1 aromatic rings. The van der Waals surface area contributed by atoms with Crippen molar-refractivity contribution in [3.63, 3.8) is 0 Å². The van der Waals surface area contributed by atoms with E-state index >= 15 is 0 Å². The van der Waals surface area contributed by atoms with Crippen molar-refractivity contribution in [1.82, 2.24) is 0 Å². The smallest absolute Gasteiger partial charge is 0.0790 e. The predicted octanol–water partition coefficient (Wildman–Crippen LogP) is 5.44. The molecular formula is C19H31ClO2. The second kappa shape index (κ2) is 9.54. The van der Waals surface area contributed by atoms with Crippen molar-refractivity contribution < 1.29 is 10.2 Å². The molecule has 2 nitrogen and oxygen atoms in total. The van der Waals surface area contributed by atoms with Crippen LogP contribution in [0.15, 0.2) is 18.2 Å². The molecule has 0 aromatic heterocycles. The number of aliphatic hydroxyl groups excluding tert-OH is 1. The molecule has 0 spiro atoms. The Labute approximate surface area is 140 Å². The molecule has 1 aromatic carbocycles. The molecule has 1 atom stereocenters. The lowest BCUT2D eigenvalue weighted by Crippen LogP contribution is -2.28. The maximum absolute atomic E-state index is 10.7. The molecule has 0 saturated carbocycles. The van der Waals surface area contributed by atoms with Crippen LogP contribution in [-0.2, 0) is 6.42 Å². The Morgan fingerprint density at radius 3 is 2.18 bits per heavy atom. The van der Waals surface area contributed by atoms with E-state index in [-0.39, 0.29) is 0 Å². The topological polar surface area (TPSA) is 40.5 Å². The molecule has 0 amide bonds. The third kappa shape index (κ3) is 6.28. The minimum absolute atomic E-state index is 0.451. The van der Waals surface area contributed by atoms with E-state index in [0.29, 0.717) is 5.02 Å². The van der Waals surface area contributed by atoms with Gasteiger partial charge in [-0.15, -0.1) is 0 Å². The highest BCUT2D eigenvalue weighted by Crippen LogP contribution is 2.28. The Kier molecular flexibility index (Phi) is 8.45. The van der Waals surface area contributed by atoms with Crippen LogP contribution in [0.2, 0.25) is 5.02 Å². The van der Waals surface area contributed by atoms with Crippen LogP contribution in [0.4, 0.5) is 0 Å². The first-order valence-corrected chi connectivity index (χ1v) is 9.01. The fraction of sp³-hybridized carbons (Fsp3) is 0.684. The Hall–Kier alpha value is -0.570. The molecule has 126 valence electrons. The van der Waals surface area contributed by atoms with E-state index in [1.54, 1.807) is 0 Å². The van der Waals surface area contributed by atoms with E-state index in [9.17, 15) is 10.2 Å². The summed E-state index contributed by atoms with van der Waals surface area (Å²) < 4.78 is 0. The highest BCUT2D eigenvalue weighted by molar-refractivity contribution is 6.30. The van der Waals surface area contributed by atoms with Gasteiger partial charge in [0.2, 0.25) is 0 Å². The first kappa shape index (κ1) is 19.5. The minimum Gasteiger partial charge on any atom is -0.390 e. The molecule has 2 N–H and O–H groups in total. The number of aryl methyl sites for hydroxylation is 1. The highest BCUT2D eigenvalue weighted by atomic mass is 35.5. The number of aliphatic hydroxyl groups is 2. The summed E-state index contributed by atoms with van der Waals surface area (Å²) in [5.41, 5.74) is 1.41. The summed E-state index contributed by atoms with van der Waals surface area (Å²) >= 11 is 6.19. The fourth-order valence-corrected chi connectivity index (χ4v) is 3.40. The molecule has 0 bridgehead atoms. The van der Waals surface area contributed by atoms with E-state index in [0.717, 1.165) is 62.5 Å². The molecule has 1 unspecified atom stereocenters. The SMILES string of the molecule is CCCC(O)c1cc(Cl)cc(CCC(O)(CCC)CCC)c1. The van der Waals surface area contributed by atoms with Gasteiger partial charge in [-0.2, -0.15) is 0 Å². The van der Waals surface area contributed by atoms with Crippen LogP contribution in [0, 0.1) is 0 Å². The normalized spacial score (nSPS) is 13.4. The Morgan fingerprint density at radius 1 is 1.00 bits per heavy atom. The quantitative estimate of drug-likeness (QED) is 0.601. The third-order valence-electron chi connectivity index (χ3n) is 4.24. The van der Waals surface area contributed by atoms with E-state index in [2.05, 4.69) is 20.8 Å². The zero-order valence-electron chi connectivity index (χ0n) is 14.2. The number of hydrogen-bond donors (Lipinski definition) is 2. The van der Waals surface area contributed by atoms with Crippen molar-refractivity contribution in [2.75, 3.05) is 0 Å². The maximum Gasteiger partial charge on any atom is 0.0790 e. The molecule has 0 aliphatic carbocycles. The molecule has 3 heteroatoms. The first-order chi connectivity index (χ1) is 10.4. The summed E-state index contributed by atoms with van der Waals surface area (Å²) in [5, 5.41) is 21.5. The van der Waals surface area contributed by atoms with Crippen LogP contribution in [0.5, 0.6) is 0 Å². The lowest BCUT2D eigenvalue weighted by atomic mass is 9.86. The van der Waals surface area contributed by atoms with Gasteiger partial charge in [-0.3, -0.25) is 0 Å². The lowest BCUT2D eigenvalue weighted by molar-refractivity contribution is 0.0132. The first-order valence-electron chi connectivity index (χ1n) is 8.64. The fourth-order valence-electron chi connectivity index (χ4n) is 3.13. The van der Waals surface area contributed by atoms with E-state index in [4.69, 9.17) is 11.6 Å². The predicted molar refractivity (Wildman–Crippen MR) is 94.4 cm³/mol. The van der Waals surface area contributed by atoms with E-state index < -0.39 is 11.7 Å². The van der Waals surface area contributed by atoms with Crippen LogP contribution in [0.1, 0.15) is 82.9 Å². The second-order valence-corrected chi connectivity index (χ2v) is 6.86. The molecule has 0 fully saturated rings. The van der Waals surface area contributed by atoms with Crippen LogP contribution in [-0.4, -0.2) is 15.8 Å². The standard InChI is InChI=1S/C19H31ClO2/c1-4-7-18(21)16-12-15(13-17(20)14-16)8-11-19(22,9-5-2)10-6-3/h12-14,18,21-22H,4-11H2,1-3H3. The molecule has 22 heavy (non-hydrogen) atoms.